The Kier molecular flexibility index (Phi) is 23.8. The molecular weight excluding hydrogens is 851 g/mol. The van der Waals surface area contributed by atoms with Crippen molar-refractivity contribution in [2.24, 2.45) is 23.5 Å². The van der Waals surface area contributed by atoms with E-state index in [1.165, 1.54) is 13.0 Å². The van der Waals surface area contributed by atoms with Gasteiger partial charge in [0.15, 0.2) is 12.1 Å². The van der Waals surface area contributed by atoms with Crippen LogP contribution >= 0.6 is 0 Å². The highest BCUT2D eigenvalue weighted by Gasteiger charge is 2.51. The van der Waals surface area contributed by atoms with E-state index in [-0.39, 0.29) is 38.0 Å². The average Bonchev–Trinajstić information content (AvgIpc) is 3.21. The number of aliphatic hydroxyl groups is 10. The summed E-state index contributed by atoms with van der Waals surface area (Å²) in [6.07, 6.45) is 2.28. The maximum Gasteiger partial charge on any atom is 0.311 e. The van der Waals surface area contributed by atoms with Crippen LogP contribution in [0.4, 0.5) is 0 Å². The molecule has 13 N–H and O–H groups in total. The van der Waals surface area contributed by atoms with Crippen molar-refractivity contribution in [3.05, 3.63) is 72.9 Å². The van der Waals surface area contributed by atoms with Gasteiger partial charge in [0.05, 0.1) is 79.6 Å². The van der Waals surface area contributed by atoms with Crippen molar-refractivity contribution >= 4 is 11.9 Å². The molecule has 3 aliphatic rings. The fourth-order valence-corrected chi connectivity index (χ4v) is 8.11. The number of esters is 1. The molecule has 0 aliphatic carbocycles. The van der Waals surface area contributed by atoms with Gasteiger partial charge >= 0.3 is 11.9 Å². The summed E-state index contributed by atoms with van der Waals surface area (Å²) in [6.45, 7) is 6.78. The van der Waals surface area contributed by atoms with Crippen molar-refractivity contribution in [1.29, 1.82) is 0 Å². The molecule has 2 saturated heterocycles. The number of cyclic esters (lactones) is 1. The van der Waals surface area contributed by atoms with E-state index in [9.17, 15) is 65.8 Å². The van der Waals surface area contributed by atoms with E-state index in [1.54, 1.807) is 38.2 Å². The topological polar surface area (TPSA) is 320 Å². The van der Waals surface area contributed by atoms with Crippen LogP contribution in [0.2, 0.25) is 0 Å². The molecule has 0 radical (unpaired) electrons. The van der Waals surface area contributed by atoms with Gasteiger partial charge in [-0.1, -0.05) is 86.8 Å². The SMILES string of the molecule is C[C@@H]1[C@H](O)[C@@H](C)/C=C/C=C/CC/C=C/C=C/C=C/C=C/[C@H](O[C@@H]2O[C@H](C)[C@@H](O)[C@H](N)[C@@H]2O)C[C@@H]2O[C@](O)(C[C@@H](O)[C@H](O)CCC(O)CC(O)C[C@@H](O)CC(=O)O[C@H]1C)C[C@H](O)[C@H]2C(=O)O. The second-order valence-corrected chi connectivity index (χ2v) is 17.8. The number of carbonyl (C=O) groups excluding carboxylic acids is 1. The Bertz CT molecular complexity index is 1620. The zero-order valence-electron chi connectivity index (χ0n) is 37.8. The zero-order valence-corrected chi connectivity index (χ0v) is 37.8. The number of hydrogen-bond acceptors (Lipinski definition) is 17. The van der Waals surface area contributed by atoms with Crippen molar-refractivity contribution in [2.45, 2.75) is 189 Å². The Morgan fingerprint density at radius 1 is 0.692 bits per heavy atom. The summed E-state index contributed by atoms with van der Waals surface area (Å²) < 4.78 is 23.2. The number of ether oxygens (including phenoxy) is 4. The number of aliphatic carboxylic acids is 1. The lowest BCUT2D eigenvalue weighted by Gasteiger charge is -2.45. The van der Waals surface area contributed by atoms with Crippen molar-refractivity contribution in [1.82, 2.24) is 0 Å². The maximum atomic E-state index is 12.6. The largest absolute Gasteiger partial charge is 0.481 e. The maximum absolute atomic E-state index is 12.6. The summed E-state index contributed by atoms with van der Waals surface area (Å²) in [5.41, 5.74) is 6.02. The first-order valence-electron chi connectivity index (χ1n) is 22.6. The van der Waals surface area contributed by atoms with Crippen LogP contribution in [0, 0.1) is 17.8 Å². The van der Waals surface area contributed by atoms with E-state index >= 15 is 0 Å². The van der Waals surface area contributed by atoms with E-state index < -0.39 is 141 Å². The molecule has 3 heterocycles. The lowest BCUT2D eigenvalue weighted by atomic mass is 9.82. The molecule has 0 aromatic rings. The summed E-state index contributed by atoms with van der Waals surface area (Å²) in [6, 6.07) is -1.14. The smallest absolute Gasteiger partial charge is 0.311 e. The van der Waals surface area contributed by atoms with E-state index in [0.29, 0.717) is 0 Å². The summed E-state index contributed by atoms with van der Waals surface area (Å²) in [4.78, 5) is 25.1. The van der Waals surface area contributed by atoms with Crippen LogP contribution in [-0.4, -0.2) is 166 Å². The van der Waals surface area contributed by atoms with Gasteiger partial charge < -0.3 is 80.9 Å². The fraction of sp³-hybridized carbons (Fsp3) is 0.702. The lowest BCUT2D eigenvalue weighted by molar-refractivity contribution is -0.310. The van der Waals surface area contributed by atoms with Gasteiger partial charge in [-0.05, 0) is 52.4 Å². The average molecular weight is 926 g/mol. The van der Waals surface area contributed by atoms with E-state index in [0.717, 1.165) is 12.8 Å². The number of rotatable bonds is 3. The Morgan fingerprint density at radius 2 is 1.28 bits per heavy atom. The van der Waals surface area contributed by atoms with Crippen molar-refractivity contribution in [3.8, 4) is 0 Å². The number of hydrogen-bond donors (Lipinski definition) is 12. The fourth-order valence-electron chi connectivity index (χ4n) is 8.11. The minimum absolute atomic E-state index is 0.138. The van der Waals surface area contributed by atoms with E-state index in [1.807, 2.05) is 49.5 Å². The van der Waals surface area contributed by atoms with Crippen molar-refractivity contribution in [2.75, 3.05) is 0 Å². The van der Waals surface area contributed by atoms with Gasteiger partial charge in [-0.3, -0.25) is 9.59 Å². The summed E-state index contributed by atoms with van der Waals surface area (Å²) >= 11 is 0. The zero-order chi connectivity index (χ0) is 48.4. The van der Waals surface area contributed by atoms with Crippen LogP contribution in [0.15, 0.2) is 72.9 Å². The Labute approximate surface area is 381 Å². The molecule has 2 unspecified atom stereocenters. The molecular formula is C47H75NO17. The lowest BCUT2D eigenvalue weighted by Crippen LogP contribution is -2.61. The number of carbonyl (C=O) groups is 2. The van der Waals surface area contributed by atoms with Crippen LogP contribution in [0.5, 0.6) is 0 Å². The molecule has 0 aromatic heterocycles. The van der Waals surface area contributed by atoms with Crippen LogP contribution in [-0.2, 0) is 28.5 Å². The summed E-state index contributed by atoms with van der Waals surface area (Å²) in [5.74, 6) is -6.82. The quantitative estimate of drug-likeness (QED) is 0.175. The monoisotopic (exact) mass is 926 g/mol. The van der Waals surface area contributed by atoms with E-state index in [4.69, 9.17) is 24.7 Å². The third kappa shape index (κ3) is 18.8. The number of carboxylic acid groups (broad SMARTS) is 1. The van der Waals surface area contributed by atoms with Gasteiger partial charge in [0.2, 0.25) is 0 Å². The Morgan fingerprint density at radius 3 is 1.94 bits per heavy atom. The van der Waals surface area contributed by atoms with Gasteiger partial charge in [-0.25, -0.2) is 0 Å². The predicted octanol–water partition coefficient (Wildman–Crippen LogP) is 0.936. The second kappa shape index (κ2) is 27.6. The molecule has 0 saturated carbocycles. The van der Waals surface area contributed by atoms with Crippen LogP contribution in [0.1, 0.15) is 91.9 Å². The molecule has 65 heavy (non-hydrogen) atoms. The van der Waals surface area contributed by atoms with Crippen LogP contribution < -0.4 is 5.73 Å². The number of aliphatic hydroxyl groups excluding tert-OH is 9. The minimum atomic E-state index is -2.35. The first-order chi connectivity index (χ1) is 30.6. The summed E-state index contributed by atoms with van der Waals surface area (Å²) in [7, 11) is 0. The minimum Gasteiger partial charge on any atom is -0.481 e. The molecule has 370 valence electrons. The van der Waals surface area contributed by atoms with Gasteiger partial charge in [-0.2, -0.15) is 0 Å². The number of nitrogens with two attached hydrogens (primary N) is 1. The molecule has 19 atom stereocenters. The normalized spacial score (nSPS) is 45.2. The molecule has 18 heteroatoms. The van der Waals surface area contributed by atoms with E-state index in [2.05, 4.69) is 0 Å². The first-order valence-corrected chi connectivity index (χ1v) is 22.6. The van der Waals surface area contributed by atoms with Gasteiger partial charge in [0.25, 0.3) is 0 Å². The van der Waals surface area contributed by atoms with Crippen molar-refractivity contribution < 1.29 is 84.7 Å². The number of fused-ring (bicyclic) bond motifs is 2. The molecule has 0 aromatic carbocycles. The highest BCUT2D eigenvalue weighted by atomic mass is 16.7. The van der Waals surface area contributed by atoms with Crippen molar-refractivity contribution in [3.63, 3.8) is 0 Å². The molecule has 0 spiro atoms. The standard InChI is InChI=1S/C47H75NO17/c1-27-17-15-13-11-9-7-5-6-8-10-12-14-16-18-34(64-46-44(58)41(48)43(57)30(4)63-46)24-38-40(45(59)60)37(54)26-47(61,65-38)25-36(53)35(52)20-19-31(49)21-32(50)22-33(51)23-39(55)62-29(3)28(2)42(27)56/h5-6,8,10-18,27-38,40-44,46,49-54,56-58,61H,7,9,19-26,48H2,1-4H3,(H,59,60)/b6-5+,10-8+,13-11+,14-12+,17-15+,18-16+/t27-,28-,29-,30+,31?,32?,33+,34-,35+,36+,37-,38-,40+,41-,42+,43+,44-,46-,47+/m0/s1. The van der Waals surface area contributed by atoms with Crippen LogP contribution in [0.25, 0.3) is 0 Å². The van der Waals surface area contributed by atoms with Gasteiger partial charge in [0.1, 0.15) is 18.1 Å². The van der Waals surface area contributed by atoms with Gasteiger partial charge in [0, 0.05) is 31.1 Å². The third-order valence-corrected chi connectivity index (χ3v) is 12.2. The number of allylic oxidation sites excluding steroid dienone is 10. The molecule has 0 amide bonds. The Balaban J connectivity index is 1.84. The Hall–Kier alpha value is -3.18. The van der Waals surface area contributed by atoms with Crippen LogP contribution in [0.3, 0.4) is 0 Å². The molecule has 2 bridgehead atoms. The summed E-state index contributed by atoms with van der Waals surface area (Å²) in [5, 5.41) is 118. The third-order valence-electron chi connectivity index (χ3n) is 12.2. The number of carboxylic acids is 1. The molecule has 2 fully saturated rings. The highest BCUT2D eigenvalue weighted by molar-refractivity contribution is 5.71. The first kappa shape index (κ1) is 56.1. The molecule has 3 rings (SSSR count). The highest BCUT2D eigenvalue weighted by Crippen LogP contribution is 2.38. The second-order valence-electron chi connectivity index (χ2n) is 17.8. The predicted molar refractivity (Wildman–Crippen MR) is 237 cm³/mol. The molecule has 3 aliphatic heterocycles. The molecule has 18 nitrogen and oxygen atoms in total. The van der Waals surface area contributed by atoms with Gasteiger partial charge in [-0.15, -0.1) is 0 Å².